The zero-order chi connectivity index (χ0) is 20.2. The summed E-state index contributed by atoms with van der Waals surface area (Å²) in [5.41, 5.74) is 3.30. The Morgan fingerprint density at radius 1 is 0.941 bits per heavy atom. The number of halogens is 3. The fourth-order valence-corrected chi connectivity index (χ4v) is 4.63. The lowest BCUT2D eigenvalue weighted by Crippen LogP contribution is -2.41. The Bertz CT molecular complexity index is 1090. The van der Waals surface area contributed by atoms with Gasteiger partial charge in [-0.15, -0.1) is 48.6 Å². The molecular formula is C23H31Cl3N6OS. The van der Waals surface area contributed by atoms with Gasteiger partial charge < -0.3 is 21.0 Å². The summed E-state index contributed by atoms with van der Waals surface area (Å²) in [6.45, 7) is 4.19. The summed E-state index contributed by atoms with van der Waals surface area (Å²) in [6.07, 6.45) is 4.08. The standard InChI is InChI=1S/C23H26N6S.3ClH.H2O/c1-2-6-19(7-3-1)29-21-9-5-4-8-20(21)27-22(29)26-18-10-14-28(15-11-18)16-12-24-23-25-13-17-30-23;;;;/h1-9,13,17-18H,10-12,14-16H2,(H,24,25)(H,26,27);3*1H;1H2. The molecule has 0 spiro atoms. The maximum atomic E-state index is 4.90. The summed E-state index contributed by atoms with van der Waals surface area (Å²) in [7, 11) is 0. The number of fused-ring (bicyclic) bond motifs is 1. The van der Waals surface area contributed by atoms with Gasteiger partial charge in [0, 0.05) is 49.5 Å². The van der Waals surface area contributed by atoms with Crippen LogP contribution in [0.25, 0.3) is 16.7 Å². The zero-order valence-corrected chi connectivity index (χ0v) is 21.9. The molecule has 4 N–H and O–H groups in total. The number of anilines is 2. The van der Waals surface area contributed by atoms with Gasteiger partial charge in [0.15, 0.2) is 5.13 Å². The van der Waals surface area contributed by atoms with Crippen LogP contribution in [0.4, 0.5) is 11.1 Å². The van der Waals surface area contributed by atoms with E-state index in [-0.39, 0.29) is 42.7 Å². The first-order valence-corrected chi connectivity index (χ1v) is 11.4. The molecule has 34 heavy (non-hydrogen) atoms. The number of nitrogens with zero attached hydrogens (tertiary/aromatic N) is 4. The van der Waals surface area contributed by atoms with Crippen LogP contribution in [0.1, 0.15) is 12.8 Å². The Balaban J connectivity index is 0.00000144. The van der Waals surface area contributed by atoms with Gasteiger partial charge in [0.05, 0.1) is 11.0 Å². The molecule has 0 aliphatic carbocycles. The average molecular weight is 546 g/mol. The van der Waals surface area contributed by atoms with Crippen molar-refractivity contribution in [1.82, 2.24) is 19.4 Å². The highest BCUT2D eigenvalue weighted by Gasteiger charge is 2.21. The molecule has 0 saturated carbocycles. The molecule has 1 fully saturated rings. The molecule has 1 aliphatic heterocycles. The molecule has 7 nitrogen and oxygen atoms in total. The minimum atomic E-state index is 0. The van der Waals surface area contributed by atoms with Gasteiger partial charge in [-0.2, -0.15) is 0 Å². The maximum Gasteiger partial charge on any atom is 0.208 e. The molecule has 4 aromatic rings. The van der Waals surface area contributed by atoms with E-state index in [1.54, 1.807) is 11.3 Å². The number of para-hydroxylation sites is 3. The summed E-state index contributed by atoms with van der Waals surface area (Å²) in [5, 5.41) is 10.1. The number of benzene rings is 2. The molecule has 1 aliphatic rings. The first-order chi connectivity index (χ1) is 14.9. The average Bonchev–Trinajstić information content (AvgIpc) is 3.43. The van der Waals surface area contributed by atoms with Crippen molar-refractivity contribution < 1.29 is 5.48 Å². The third kappa shape index (κ3) is 6.97. The Kier molecular flexibility index (Phi) is 12.7. The molecule has 2 aromatic heterocycles. The molecule has 1 saturated heterocycles. The summed E-state index contributed by atoms with van der Waals surface area (Å²) >= 11 is 1.65. The van der Waals surface area contributed by atoms with E-state index in [2.05, 4.69) is 73.6 Å². The maximum absolute atomic E-state index is 4.90. The summed E-state index contributed by atoms with van der Waals surface area (Å²) in [4.78, 5) is 11.7. The second kappa shape index (κ2) is 14.4. The van der Waals surface area contributed by atoms with E-state index in [4.69, 9.17) is 4.98 Å². The lowest BCUT2D eigenvalue weighted by Gasteiger charge is -2.32. The number of aromatic nitrogens is 3. The van der Waals surface area contributed by atoms with Crippen LogP contribution in [0.5, 0.6) is 0 Å². The molecule has 0 radical (unpaired) electrons. The van der Waals surface area contributed by atoms with Gasteiger partial charge in [0.1, 0.15) is 0 Å². The van der Waals surface area contributed by atoms with Crippen molar-refractivity contribution in [3.8, 4) is 5.69 Å². The molecule has 0 amide bonds. The summed E-state index contributed by atoms with van der Waals surface area (Å²) < 4.78 is 2.24. The van der Waals surface area contributed by atoms with E-state index in [0.29, 0.717) is 6.04 Å². The van der Waals surface area contributed by atoms with E-state index in [0.717, 1.165) is 66.8 Å². The topological polar surface area (TPSA) is 89.5 Å². The van der Waals surface area contributed by atoms with Crippen molar-refractivity contribution in [2.45, 2.75) is 18.9 Å². The third-order valence-electron chi connectivity index (χ3n) is 5.63. The number of hydrogen-bond acceptors (Lipinski definition) is 6. The van der Waals surface area contributed by atoms with Gasteiger partial charge >= 0.3 is 0 Å². The van der Waals surface area contributed by atoms with Crippen LogP contribution in [-0.4, -0.2) is 57.1 Å². The fourth-order valence-electron chi connectivity index (χ4n) is 4.08. The van der Waals surface area contributed by atoms with Gasteiger partial charge in [-0.25, -0.2) is 9.97 Å². The highest BCUT2D eigenvalue weighted by Crippen LogP contribution is 2.26. The van der Waals surface area contributed by atoms with Crippen molar-refractivity contribution in [1.29, 1.82) is 0 Å². The van der Waals surface area contributed by atoms with Crippen LogP contribution in [0.2, 0.25) is 0 Å². The largest absolute Gasteiger partial charge is 0.412 e. The minimum Gasteiger partial charge on any atom is -0.412 e. The van der Waals surface area contributed by atoms with Gasteiger partial charge in [0.25, 0.3) is 0 Å². The van der Waals surface area contributed by atoms with Crippen LogP contribution < -0.4 is 10.6 Å². The Morgan fingerprint density at radius 3 is 2.35 bits per heavy atom. The Morgan fingerprint density at radius 2 is 1.65 bits per heavy atom. The van der Waals surface area contributed by atoms with E-state index < -0.39 is 0 Å². The van der Waals surface area contributed by atoms with E-state index in [1.807, 2.05) is 17.6 Å². The number of hydrogen-bond donors (Lipinski definition) is 2. The number of nitrogens with one attached hydrogen (secondary N) is 2. The molecule has 0 bridgehead atoms. The molecule has 3 heterocycles. The smallest absolute Gasteiger partial charge is 0.208 e. The molecule has 186 valence electrons. The normalized spacial score (nSPS) is 13.6. The van der Waals surface area contributed by atoms with Crippen molar-refractivity contribution >= 4 is 70.7 Å². The number of imidazole rings is 1. The van der Waals surface area contributed by atoms with E-state index >= 15 is 0 Å². The van der Waals surface area contributed by atoms with Gasteiger partial charge in [-0.3, -0.25) is 4.57 Å². The van der Waals surface area contributed by atoms with Crippen LogP contribution in [0.15, 0.2) is 66.2 Å². The quantitative estimate of drug-likeness (QED) is 0.344. The van der Waals surface area contributed by atoms with Crippen molar-refractivity contribution in [3.05, 3.63) is 66.2 Å². The second-order valence-electron chi connectivity index (χ2n) is 7.62. The number of thiazole rings is 1. The van der Waals surface area contributed by atoms with Gasteiger partial charge in [0.2, 0.25) is 5.95 Å². The summed E-state index contributed by atoms with van der Waals surface area (Å²) in [6, 6.07) is 19.3. The molecule has 0 unspecified atom stereocenters. The van der Waals surface area contributed by atoms with Crippen LogP contribution >= 0.6 is 48.6 Å². The van der Waals surface area contributed by atoms with E-state index in [9.17, 15) is 0 Å². The summed E-state index contributed by atoms with van der Waals surface area (Å²) in [5.74, 6) is 0.936. The number of likely N-dealkylation sites (tertiary alicyclic amines) is 1. The van der Waals surface area contributed by atoms with Gasteiger partial charge in [-0.1, -0.05) is 30.3 Å². The van der Waals surface area contributed by atoms with Crippen molar-refractivity contribution in [2.75, 3.05) is 36.8 Å². The number of rotatable bonds is 7. The molecule has 0 atom stereocenters. The lowest BCUT2D eigenvalue weighted by molar-refractivity contribution is 0.226. The SMILES string of the molecule is Cl.Cl.Cl.O.c1ccc(-n2c(NC3CCN(CCNc4nccs4)CC3)nc3ccccc32)cc1. The van der Waals surface area contributed by atoms with E-state index in [1.165, 1.54) is 0 Å². The Hall–Kier alpha value is -2.07. The minimum absolute atomic E-state index is 0. The first-order valence-electron chi connectivity index (χ1n) is 10.5. The number of piperidine rings is 1. The van der Waals surface area contributed by atoms with Crippen LogP contribution in [0.3, 0.4) is 0 Å². The highest BCUT2D eigenvalue weighted by molar-refractivity contribution is 7.13. The van der Waals surface area contributed by atoms with Crippen LogP contribution in [0, 0.1) is 0 Å². The van der Waals surface area contributed by atoms with Crippen molar-refractivity contribution in [2.24, 2.45) is 0 Å². The molecule has 5 rings (SSSR count). The Labute approximate surface area is 222 Å². The van der Waals surface area contributed by atoms with Crippen LogP contribution in [-0.2, 0) is 0 Å². The predicted octanol–water partition coefficient (Wildman–Crippen LogP) is 4.91. The molecule has 11 heteroatoms. The van der Waals surface area contributed by atoms with Gasteiger partial charge in [-0.05, 0) is 37.1 Å². The monoisotopic (exact) mass is 544 g/mol. The zero-order valence-electron chi connectivity index (χ0n) is 18.6. The molecule has 2 aromatic carbocycles. The lowest BCUT2D eigenvalue weighted by atomic mass is 10.1. The highest BCUT2D eigenvalue weighted by atomic mass is 35.5. The first kappa shape index (κ1) is 30.0. The third-order valence-corrected chi connectivity index (χ3v) is 6.36. The second-order valence-corrected chi connectivity index (χ2v) is 8.51. The van der Waals surface area contributed by atoms with Crippen molar-refractivity contribution in [3.63, 3.8) is 0 Å². The molecular weight excluding hydrogens is 515 g/mol. The predicted molar refractivity (Wildman–Crippen MR) is 150 cm³/mol. The fraction of sp³-hybridized carbons (Fsp3) is 0.304.